The first kappa shape index (κ1) is 12.9. The van der Waals surface area contributed by atoms with Crippen molar-refractivity contribution in [1.82, 2.24) is 14.8 Å². The molecule has 0 atom stereocenters. The molecule has 1 heterocycles. The summed E-state index contributed by atoms with van der Waals surface area (Å²) in [5.41, 5.74) is 0.612. The minimum atomic E-state index is -0.319. The number of hydrogen-bond acceptors (Lipinski definition) is 3. The Labute approximate surface area is 117 Å². The summed E-state index contributed by atoms with van der Waals surface area (Å²) in [5, 5.41) is 6.62. The van der Waals surface area contributed by atoms with E-state index in [0.29, 0.717) is 15.8 Å². The van der Waals surface area contributed by atoms with Crippen LogP contribution in [0.2, 0.25) is 0 Å². The first-order valence-corrected chi connectivity index (χ1v) is 6.30. The molecule has 18 heavy (non-hydrogen) atoms. The lowest BCUT2D eigenvalue weighted by Gasteiger charge is -2.07. The van der Waals surface area contributed by atoms with Gasteiger partial charge in [-0.3, -0.25) is 9.48 Å². The zero-order chi connectivity index (χ0) is 13.0. The Morgan fingerprint density at radius 2 is 2.33 bits per heavy atom. The van der Waals surface area contributed by atoms with Crippen LogP contribution in [0.25, 0.3) is 0 Å². The van der Waals surface area contributed by atoms with Gasteiger partial charge in [-0.1, -0.05) is 0 Å². The second-order valence-electron chi connectivity index (χ2n) is 3.58. The van der Waals surface area contributed by atoms with Gasteiger partial charge in [0.15, 0.2) is 0 Å². The van der Waals surface area contributed by atoms with Gasteiger partial charge in [0.05, 0.1) is 12.2 Å². The topological polar surface area (TPSA) is 59.8 Å². The van der Waals surface area contributed by atoms with E-state index in [0.717, 1.165) is 0 Å². The summed E-state index contributed by atoms with van der Waals surface area (Å²) in [6.07, 6.45) is 3.26. The second-order valence-corrected chi connectivity index (χ2v) is 4.74. The Morgan fingerprint density at radius 1 is 1.50 bits per heavy atom. The van der Waals surface area contributed by atoms with Crippen LogP contribution in [0.4, 0.5) is 10.1 Å². The standard InChI is InChI=1S/C11H10FIN4O/c12-8-1-2-10(9(13)5-8)16-11(18)3-4-17-7-14-6-15-17/h1-2,5-7H,3-4H2,(H,16,18). The number of aryl methyl sites for hydroxylation is 1. The molecule has 7 heteroatoms. The lowest BCUT2D eigenvalue weighted by atomic mass is 10.3. The van der Waals surface area contributed by atoms with Gasteiger partial charge in [0, 0.05) is 9.99 Å². The van der Waals surface area contributed by atoms with Gasteiger partial charge in [0.2, 0.25) is 5.91 Å². The van der Waals surface area contributed by atoms with Crippen LogP contribution < -0.4 is 5.32 Å². The minimum absolute atomic E-state index is 0.143. The Bertz CT molecular complexity index is 544. The van der Waals surface area contributed by atoms with E-state index in [1.807, 2.05) is 22.6 Å². The molecule has 0 aliphatic rings. The number of aromatic nitrogens is 3. The van der Waals surface area contributed by atoms with Crippen LogP contribution in [0.15, 0.2) is 30.9 Å². The summed E-state index contributed by atoms with van der Waals surface area (Å²) in [5.74, 6) is -0.463. The monoisotopic (exact) mass is 360 g/mol. The highest BCUT2D eigenvalue weighted by molar-refractivity contribution is 14.1. The van der Waals surface area contributed by atoms with Crippen molar-refractivity contribution in [1.29, 1.82) is 0 Å². The number of benzene rings is 1. The molecule has 0 unspecified atom stereocenters. The van der Waals surface area contributed by atoms with Crippen molar-refractivity contribution in [2.45, 2.75) is 13.0 Å². The molecule has 0 spiro atoms. The molecule has 0 aliphatic carbocycles. The van der Waals surface area contributed by atoms with Gasteiger partial charge in [-0.15, -0.1) is 0 Å². The van der Waals surface area contributed by atoms with E-state index in [9.17, 15) is 9.18 Å². The number of rotatable bonds is 4. The quantitative estimate of drug-likeness (QED) is 0.850. The van der Waals surface area contributed by atoms with Gasteiger partial charge < -0.3 is 5.32 Å². The first-order chi connectivity index (χ1) is 8.65. The highest BCUT2D eigenvalue weighted by atomic mass is 127. The molecule has 0 bridgehead atoms. The maximum Gasteiger partial charge on any atom is 0.226 e. The van der Waals surface area contributed by atoms with E-state index in [4.69, 9.17) is 0 Å². The summed E-state index contributed by atoms with van der Waals surface area (Å²) < 4.78 is 15.1. The number of anilines is 1. The molecule has 5 nitrogen and oxygen atoms in total. The normalized spacial score (nSPS) is 10.3. The van der Waals surface area contributed by atoms with E-state index in [-0.39, 0.29) is 18.1 Å². The van der Waals surface area contributed by atoms with E-state index in [1.165, 1.54) is 18.5 Å². The molecule has 0 saturated carbocycles. The number of hydrogen-bond donors (Lipinski definition) is 1. The van der Waals surface area contributed by atoms with Crippen molar-refractivity contribution in [3.05, 3.63) is 40.2 Å². The fraction of sp³-hybridized carbons (Fsp3) is 0.182. The number of halogens is 2. The zero-order valence-corrected chi connectivity index (χ0v) is 11.5. The molecular formula is C11H10FIN4O. The summed E-state index contributed by atoms with van der Waals surface area (Å²) in [6.45, 7) is 0.462. The molecule has 0 saturated heterocycles. The van der Waals surface area contributed by atoms with Crippen molar-refractivity contribution in [2.75, 3.05) is 5.32 Å². The van der Waals surface area contributed by atoms with Gasteiger partial charge in [-0.25, -0.2) is 9.37 Å². The molecule has 0 fully saturated rings. The van der Waals surface area contributed by atoms with Crippen molar-refractivity contribution in [2.24, 2.45) is 0 Å². The van der Waals surface area contributed by atoms with E-state index in [2.05, 4.69) is 15.4 Å². The summed E-state index contributed by atoms with van der Waals surface area (Å²) in [4.78, 5) is 15.5. The smallest absolute Gasteiger partial charge is 0.226 e. The zero-order valence-electron chi connectivity index (χ0n) is 9.31. The number of nitrogens with one attached hydrogen (secondary N) is 1. The summed E-state index contributed by atoms with van der Waals surface area (Å²) in [6, 6.07) is 4.23. The lowest BCUT2D eigenvalue weighted by Crippen LogP contribution is -2.15. The molecule has 94 valence electrons. The number of carbonyl (C=O) groups excluding carboxylic acids is 1. The van der Waals surface area contributed by atoms with Gasteiger partial charge in [-0.05, 0) is 40.8 Å². The predicted molar refractivity (Wildman–Crippen MR) is 72.4 cm³/mol. The van der Waals surface area contributed by atoms with Crippen LogP contribution in [0.1, 0.15) is 6.42 Å². The average molecular weight is 360 g/mol. The Kier molecular flexibility index (Phi) is 4.24. The van der Waals surface area contributed by atoms with E-state index < -0.39 is 0 Å². The molecule has 2 aromatic rings. The van der Waals surface area contributed by atoms with Crippen molar-refractivity contribution in [3.63, 3.8) is 0 Å². The number of nitrogens with zero attached hydrogens (tertiary/aromatic N) is 3. The highest BCUT2D eigenvalue weighted by Crippen LogP contribution is 2.19. The van der Waals surface area contributed by atoms with Crippen LogP contribution >= 0.6 is 22.6 Å². The maximum absolute atomic E-state index is 12.9. The van der Waals surface area contributed by atoms with Crippen LogP contribution in [-0.2, 0) is 11.3 Å². The molecule has 1 amide bonds. The first-order valence-electron chi connectivity index (χ1n) is 5.22. The molecule has 2 rings (SSSR count). The van der Waals surface area contributed by atoms with Crippen LogP contribution in [0.3, 0.4) is 0 Å². The number of amides is 1. The van der Waals surface area contributed by atoms with Crippen molar-refractivity contribution in [3.8, 4) is 0 Å². The maximum atomic E-state index is 12.9. The van der Waals surface area contributed by atoms with Crippen molar-refractivity contribution < 1.29 is 9.18 Å². The minimum Gasteiger partial charge on any atom is -0.325 e. The van der Waals surface area contributed by atoms with E-state index in [1.54, 1.807) is 17.1 Å². The van der Waals surface area contributed by atoms with Crippen LogP contribution in [-0.4, -0.2) is 20.7 Å². The third kappa shape index (κ3) is 3.49. The van der Waals surface area contributed by atoms with Gasteiger partial charge in [-0.2, -0.15) is 5.10 Å². The third-order valence-electron chi connectivity index (χ3n) is 2.24. The molecule has 1 N–H and O–H groups in total. The molecule has 1 aromatic carbocycles. The molecular weight excluding hydrogens is 350 g/mol. The molecule has 1 aromatic heterocycles. The Morgan fingerprint density at radius 3 is 3.00 bits per heavy atom. The average Bonchev–Trinajstić information content (AvgIpc) is 2.83. The Hall–Kier alpha value is -1.51. The fourth-order valence-corrected chi connectivity index (χ4v) is 1.98. The van der Waals surface area contributed by atoms with Gasteiger partial charge >= 0.3 is 0 Å². The fourth-order valence-electron chi connectivity index (χ4n) is 1.37. The summed E-state index contributed by atoms with van der Waals surface area (Å²) in [7, 11) is 0. The number of carbonyl (C=O) groups is 1. The third-order valence-corrected chi connectivity index (χ3v) is 3.13. The SMILES string of the molecule is O=C(CCn1cncn1)Nc1ccc(F)cc1I. The van der Waals surface area contributed by atoms with Crippen molar-refractivity contribution >= 4 is 34.2 Å². The van der Waals surface area contributed by atoms with Gasteiger partial charge in [0.1, 0.15) is 18.5 Å². The van der Waals surface area contributed by atoms with Gasteiger partial charge in [0.25, 0.3) is 0 Å². The largest absolute Gasteiger partial charge is 0.325 e. The lowest BCUT2D eigenvalue weighted by molar-refractivity contribution is -0.116. The molecule has 0 radical (unpaired) electrons. The second kappa shape index (κ2) is 5.89. The summed E-state index contributed by atoms with van der Waals surface area (Å²) >= 11 is 1.98. The Balaban J connectivity index is 1.91. The van der Waals surface area contributed by atoms with Crippen LogP contribution in [0.5, 0.6) is 0 Å². The predicted octanol–water partition coefficient (Wildman–Crippen LogP) is 2.05. The molecule has 0 aliphatic heterocycles. The van der Waals surface area contributed by atoms with Crippen LogP contribution in [0, 0.1) is 9.39 Å². The highest BCUT2D eigenvalue weighted by Gasteiger charge is 2.06. The van der Waals surface area contributed by atoms with E-state index >= 15 is 0 Å².